The average molecular weight is 529 g/mol. The van der Waals surface area contributed by atoms with Crippen molar-refractivity contribution in [2.24, 2.45) is 4.99 Å². The highest BCUT2D eigenvalue weighted by molar-refractivity contribution is 7.07. The molecule has 8 nitrogen and oxygen atoms in total. The van der Waals surface area contributed by atoms with E-state index < -0.39 is 18.0 Å². The molecule has 0 saturated heterocycles. The summed E-state index contributed by atoms with van der Waals surface area (Å²) in [5, 5.41) is 9.22. The van der Waals surface area contributed by atoms with Crippen LogP contribution in [0.15, 0.2) is 86.1 Å². The molecule has 0 fully saturated rings. The highest BCUT2D eigenvalue weighted by Crippen LogP contribution is 2.31. The van der Waals surface area contributed by atoms with E-state index in [2.05, 4.69) is 4.99 Å². The number of carbonyl (C=O) groups is 2. The van der Waals surface area contributed by atoms with Gasteiger partial charge in [-0.05, 0) is 56.2 Å². The van der Waals surface area contributed by atoms with E-state index in [4.69, 9.17) is 9.15 Å². The van der Waals surface area contributed by atoms with Gasteiger partial charge in [-0.1, -0.05) is 47.7 Å². The molecule has 192 valence electrons. The zero-order valence-electron chi connectivity index (χ0n) is 20.9. The van der Waals surface area contributed by atoms with E-state index in [1.165, 1.54) is 22.0 Å². The fraction of sp³-hybridized carbons (Fsp3) is 0.172. The minimum Gasteiger partial charge on any atom is -0.478 e. The van der Waals surface area contributed by atoms with Crippen molar-refractivity contribution in [1.82, 2.24) is 4.57 Å². The first-order valence-electron chi connectivity index (χ1n) is 12.0. The van der Waals surface area contributed by atoms with Crippen LogP contribution in [0.25, 0.3) is 17.4 Å². The Kier molecular flexibility index (Phi) is 6.69. The van der Waals surface area contributed by atoms with Crippen molar-refractivity contribution in [3.8, 4) is 11.3 Å². The largest absolute Gasteiger partial charge is 0.478 e. The van der Waals surface area contributed by atoms with Gasteiger partial charge in [-0.25, -0.2) is 14.6 Å². The number of carboxylic acids is 1. The van der Waals surface area contributed by atoms with Gasteiger partial charge >= 0.3 is 11.9 Å². The van der Waals surface area contributed by atoms with Gasteiger partial charge in [-0.3, -0.25) is 9.36 Å². The molecule has 38 heavy (non-hydrogen) atoms. The summed E-state index contributed by atoms with van der Waals surface area (Å²) in [4.78, 5) is 42.9. The SMILES string of the molecule is CCOC(=O)C1=C(C)N=c2s/c(=C\c3ccc(-c4ccc(C(=O)O)cc4C)o3)c(=O)n2C1c1ccccc1. The minimum absolute atomic E-state index is 0.199. The number of nitrogens with zero attached hydrogens (tertiary/aromatic N) is 2. The summed E-state index contributed by atoms with van der Waals surface area (Å²) in [6.45, 7) is 5.51. The van der Waals surface area contributed by atoms with E-state index in [0.29, 0.717) is 32.1 Å². The molecule has 3 heterocycles. The quantitative estimate of drug-likeness (QED) is 0.378. The second-order valence-corrected chi connectivity index (χ2v) is 9.76. The third-order valence-corrected chi connectivity index (χ3v) is 7.25. The number of allylic oxidation sites excluding steroid dienone is 1. The fourth-order valence-electron chi connectivity index (χ4n) is 4.52. The minimum atomic E-state index is -0.995. The zero-order chi connectivity index (χ0) is 27.0. The van der Waals surface area contributed by atoms with E-state index in [9.17, 15) is 19.5 Å². The third-order valence-electron chi connectivity index (χ3n) is 6.27. The lowest BCUT2D eigenvalue weighted by Gasteiger charge is -2.24. The van der Waals surface area contributed by atoms with E-state index in [0.717, 1.165) is 16.7 Å². The Morgan fingerprint density at radius 2 is 1.89 bits per heavy atom. The first-order valence-corrected chi connectivity index (χ1v) is 12.8. The van der Waals surface area contributed by atoms with Gasteiger partial charge in [0.05, 0.1) is 34.0 Å². The summed E-state index contributed by atoms with van der Waals surface area (Å²) in [6, 6.07) is 17.0. The molecule has 0 amide bonds. The van der Waals surface area contributed by atoms with E-state index in [1.807, 2.05) is 37.3 Å². The van der Waals surface area contributed by atoms with Crippen molar-refractivity contribution < 1.29 is 23.8 Å². The van der Waals surface area contributed by atoms with E-state index >= 15 is 0 Å². The number of fused-ring (bicyclic) bond motifs is 1. The molecule has 4 aromatic rings. The normalized spacial score (nSPS) is 15.2. The van der Waals surface area contributed by atoms with Crippen LogP contribution < -0.4 is 14.9 Å². The van der Waals surface area contributed by atoms with Crippen LogP contribution in [-0.4, -0.2) is 28.2 Å². The molecular formula is C29H24N2O6S. The molecule has 1 N–H and O–H groups in total. The first kappa shape index (κ1) is 25.2. The average Bonchev–Trinajstić information content (AvgIpc) is 3.48. The number of esters is 1. The number of thiazole rings is 1. The van der Waals surface area contributed by atoms with Gasteiger partial charge in [0.1, 0.15) is 11.5 Å². The van der Waals surface area contributed by atoms with Crippen LogP contribution in [0.1, 0.15) is 47.1 Å². The van der Waals surface area contributed by atoms with Gasteiger partial charge in [0.2, 0.25) is 0 Å². The molecule has 1 unspecified atom stereocenters. The number of rotatable bonds is 6. The predicted molar refractivity (Wildman–Crippen MR) is 143 cm³/mol. The molecule has 2 aromatic carbocycles. The lowest BCUT2D eigenvalue weighted by atomic mass is 9.96. The van der Waals surface area contributed by atoms with Gasteiger partial charge in [0.15, 0.2) is 4.80 Å². The third kappa shape index (κ3) is 4.52. The molecule has 0 radical (unpaired) electrons. The van der Waals surface area contributed by atoms with Crippen molar-refractivity contribution in [3.05, 3.63) is 114 Å². The summed E-state index contributed by atoms with van der Waals surface area (Å²) >= 11 is 1.22. The highest BCUT2D eigenvalue weighted by Gasteiger charge is 2.33. The first-order chi connectivity index (χ1) is 18.3. The topological polar surface area (TPSA) is 111 Å². The summed E-state index contributed by atoms with van der Waals surface area (Å²) < 4.78 is 13.3. The number of aromatic nitrogens is 1. The Bertz CT molecular complexity index is 1780. The molecular weight excluding hydrogens is 504 g/mol. The molecule has 0 spiro atoms. The summed E-state index contributed by atoms with van der Waals surface area (Å²) in [7, 11) is 0. The Labute approximate surface area is 221 Å². The number of carbonyl (C=O) groups excluding carboxylic acids is 1. The number of aryl methyl sites for hydroxylation is 1. The summed E-state index contributed by atoms with van der Waals surface area (Å²) in [5.41, 5.74) is 3.03. The maximum absolute atomic E-state index is 13.7. The van der Waals surface area contributed by atoms with Crippen LogP contribution in [0.2, 0.25) is 0 Å². The number of carboxylic acid groups (broad SMARTS) is 1. The molecule has 0 bridgehead atoms. The Morgan fingerprint density at radius 1 is 1.13 bits per heavy atom. The zero-order valence-corrected chi connectivity index (χ0v) is 21.7. The lowest BCUT2D eigenvalue weighted by molar-refractivity contribution is -0.139. The van der Waals surface area contributed by atoms with Gasteiger partial charge in [0, 0.05) is 11.6 Å². The Balaban J connectivity index is 1.60. The number of benzene rings is 2. The predicted octanol–water partition coefficient (Wildman–Crippen LogP) is 4.06. The smallest absolute Gasteiger partial charge is 0.338 e. The maximum Gasteiger partial charge on any atom is 0.338 e. The monoisotopic (exact) mass is 528 g/mol. The van der Waals surface area contributed by atoms with Crippen LogP contribution in [0.5, 0.6) is 0 Å². The number of ether oxygens (including phenoxy) is 1. The van der Waals surface area contributed by atoms with Crippen LogP contribution in [-0.2, 0) is 9.53 Å². The molecule has 1 aliphatic heterocycles. The molecule has 2 aromatic heterocycles. The second-order valence-electron chi connectivity index (χ2n) is 8.75. The number of hydrogen-bond donors (Lipinski definition) is 1. The van der Waals surface area contributed by atoms with Crippen LogP contribution in [0.4, 0.5) is 0 Å². The van der Waals surface area contributed by atoms with Crippen LogP contribution in [0.3, 0.4) is 0 Å². The van der Waals surface area contributed by atoms with Gasteiger partial charge in [-0.2, -0.15) is 0 Å². The van der Waals surface area contributed by atoms with Crippen molar-refractivity contribution in [2.45, 2.75) is 26.8 Å². The van der Waals surface area contributed by atoms with Crippen LogP contribution in [0, 0.1) is 6.92 Å². The maximum atomic E-state index is 13.7. The van der Waals surface area contributed by atoms with Crippen molar-refractivity contribution in [3.63, 3.8) is 0 Å². The van der Waals surface area contributed by atoms with Gasteiger partial charge < -0.3 is 14.3 Å². The number of furan rings is 1. The molecule has 9 heteroatoms. The van der Waals surface area contributed by atoms with E-state index in [-0.39, 0.29) is 17.7 Å². The molecule has 1 aliphatic rings. The molecule has 5 rings (SSSR count). The molecule has 1 atom stereocenters. The fourth-order valence-corrected chi connectivity index (χ4v) is 5.55. The highest BCUT2D eigenvalue weighted by atomic mass is 32.1. The lowest BCUT2D eigenvalue weighted by Crippen LogP contribution is -2.39. The molecule has 0 aliphatic carbocycles. The van der Waals surface area contributed by atoms with E-state index in [1.54, 1.807) is 44.2 Å². The number of hydrogen-bond acceptors (Lipinski definition) is 7. The molecule has 0 saturated carbocycles. The Morgan fingerprint density at radius 3 is 2.58 bits per heavy atom. The van der Waals surface area contributed by atoms with Gasteiger partial charge in [0.25, 0.3) is 5.56 Å². The van der Waals surface area contributed by atoms with Crippen molar-refractivity contribution in [2.75, 3.05) is 6.61 Å². The summed E-state index contributed by atoms with van der Waals surface area (Å²) in [5.74, 6) is -0.479. The van der Waals surface area contributed by atoms with Gasteiger partial charge in [-0.15, -0.1) is 0 Å². The van der Waals surface area contributed by atoms with Crippen molar-refractivity contribution in [1.29, 1.82) is 0 Å². The summed E-state index contributed by atoms with van der Waals surface area (Å²) in [6.07, 6.45) is 1.65. The second kappa shape index (κ2) is 10.1. The Hall–Kier alpha value is -4.50. The standard InChI is InChI=1S/C29H24N2O6S/c1-4-36-28(35)24-17(3)30-29-31(25(24)18-8-6-5-7-9-18)26(32)23(38-29)15-20-11-13-22(37-20)21-12-10-19(27(33)34)14-16(21)2/h5-15,25H,4H2,1-3H3,(H,33,34)/b23-15-. The number of aromatic carboxylic acids is 1. The van der Waals surface area contributed by atoms with Crippen LogP contribution >= 0.6 is 11.3 Å². The van der Waals surface area contributed by atoms with Crippen molar-refractivity contribution >= 4 is 29.4 Å².